The Bertz CT molecular complexity index is 2610. The summed E-state index contributed by atoms with van der Waals surface area (Å²) in [7, 11) is -2.60. The highest BCUT2D eigenvalue weighted by Crippen LogP contribution is 2.38. The molecule has 2 aromatic carbocycles. The Hall–Kier alpha value is -5.17. The SMILES string of the molecule is CC(C)(C)OC(=O)N1CCC[C@H]1c1nc2cc(-c3ccc4cc(-c5cnc6c(c5)nc([C@@H]5CCCN5C(=O)OC(C)(C)C)n6COCC[Si](C)(C)C)ccc4c3)cnc2n1COCC[Si](C)(C)C. The van der Waals surface area contributed by atoms with Crippen molar-refractivity contribution in [3.05, 3.63) is 72.6 Å². The Morgan fingerprint density at radius 2 is 0.985 bits per heavy atom. The van der Waals surface area contributed by atoms with E-state index >= 15 is 0 Å². The number of hydrogen-bond donors (Lipinski definition) is 0. The average molecular weight is 961 g/mol. The normalized spacial score (nSPS) is 17.3. The van der Waals surface area contributed by atoms with Crippen LogP contribution in [0.4, 0.5) is 9.59 Å². The zero-order valence-corrected chi connectivity index (χ0v) is 44.4. The van der Waals surface area contributed by atoms with Gasteiger partial charge in [0.25, 0.3) is 0 Å². The molecule has 0 aliphatic carbocycles. The third-order valence-electron chi connectivity index (χ3n) is 12.5. The zero-order valence-electron chi connectivity index (χ0n) is 42.4. The largest absolute Gasteiger partial charge is 0.444 e. The van der Waals surface area contributed by atoms with Gasteiger partial charge in [0.2, 0.25) is 0 Å². The maximum Gasteiger partial charge on any atom is 0.410 e. The summed E-state index contributed by atoms with van der Waals surface area (Å²) >= 11 is 0. The lowest BCUT2D eigenvalue weighted by Crippen LogP contribution is -2.37. The molecule has 2 amide bonds. The predicted molar refractivity (Wildman–Crippen MR) is 275 cm³/mol. The minimum absolute atomic E-state index is 0.243. The fourth-order valence-corrected chi connectivity index (χ4v) is 10.5. The average Bonchev–Trinajstić information content (AvgIpc) is 4.06. The van der Waals surface area contributed by atoms with Crippen LogP contribution in [0.3, 0.4) is 0 Å². The number of fused-ring (bicyclic) bond motifs is 3. The molecule has 0 radical (unpaired) electrons. The van der Waals surface area contributed by atoms with Crippen LogP contribution in [0, 0.1) is 0 Å². The molecule has 0 saturated carbocycles. The molecule has 0 spiro atoms. The first kappa shape index (κ1) is 49.3. The second-order valence-electron chi connectivity index (χ2n) is 23.1. The molecule has 2 saturated heterocycles. The molecule has 2 atom stereocenters. The number of likely N-dealkylation sites (tertiary alicyclic amines) is 2. The summed E-state index contributed by atoms with van der Waals surface area (Å²) in [4.78, 5) is 50.8. The van der Waals surface area contributed by atoms with Crippen LogP contribution in [0.25, 0.3) is 55.4 Å². The van der Waals surface area contributed by atoms with Crippen LogP contribution >= 0.6 is 0 Å². The number of carbonyl (C=O) groups is 2. The van der Waals surface area contributed by atoms with Crippen molar-refractivity contribution in [3.8, 4) is 22.3 Å². The summed E-state index contributed by atoms with van der Waals surface area (Å²) in [6, 6.07) is 18.7. The molecule has 0 unspecified atom stereocenters. The maximum atomic E-state index is 13.4. The van der Waals surface area contributed by atoms with E-state index in [9.17, 15) is 9.59 Å². The van der Waals surface area contributed by atoms with E-state index in [1.165, 1.54) is 0 Å². The number of ether oxygens (including phenoxy) is 4. The lowest BCUT2D eigenvalue weighted by atomic mass is 9.99. The fraction of sp³-hybridized carbons (Fsp3) is 0.538. The summed E-state index contributed by atoms with van der Waals surface area (Å²) in [5.41, 5.74) is 5.74. The number of benzene rings is 2. The quantitative estimate of drug-likeness (QED) is 0.0766. The highest BCUT2D eigenvalue weighted by Gasteiger charge is 2.38. The van der Waals surface area contributed by atoms with Crippen LogP contribution < -0.4 is 0 Å². The molecule has 14 nitrogen and oxygen atoms in total. The summed E-state index contributed by atoms with van der Waals surface area (Å²) < 4.78 is 28.4. The standard InChI is InChI=1S/C52H72N8O6Si2/c1-51(2,3)65-49(61)57-21-13-15-43(57)47-55-41-29-39(31-53-45(41)59(47)33-63-23-25-67(7,8)9)37-19-17-36-28-38(20-18-35(36)27-37)40-30-42-46(54-32-40)60(34-64-24-26-68(10,11)12)48(56-42)44-16-14-22-58(44)50(62)66-52(4,5)6/h17-20,27-32,43-44H,13-16,21-26,33-34H2,1-12H3/t43-,44-/m0/s1. The number of imidazole rings is 2. The molecule has 0 N–H and O–H groups in total. The van der Waals surface area contributed by atoms with E-state index in [1.54, 1.807) is 0 Å². The highest BCUT2D eigenvalue weighted by molar-refractivity contribution is 6.76. The molecule has 6 aromatic rings. The summed E-state index contributed by atoms with van der Waals surface area (Å²) in [5.74, 6) is 1.55. The zero-order chi connectivity index (χ0) is 48.8. The van der Waals surface area contributed by atoms with Gasteiger partial charge in [0.15, 0.2) is 11.3 Å². The first-order valence-corrected chi connectivity index (χ1v) is 31.8. The molecule has 2 aliphatic rings. The minimum Gasteiger partial charge on any atom is -0.444 e. The summed E-state index contributed by atoms with van der Waals surface area (Å²) in [5, 5.41) is 2.18. The number of pyridine rings is 2. The van der Waals surface area contributed by atoms with E-state index in [0.717, 1.165) is 105 Å². The summed E-state index contributed by atoms with van der Waals surface area (Å²) in [6.45, 7) is 28.6. The van der Waals surface area contributed by atoms with E-state index < -0.39 is 27.3 Å². The molecule has 6 heterocycles. The van der Waals surface area contributed by atoms with E-state index in [4.69, 9.17) is 38.9 Å². The van der Waals surface area contributed by atoms with Crippen LogP contribution in [-0.2, 0) is 32.4 Å². The third kappa shape index (κ3) is 11.6. The Labute approximate surface area is 403 Å². The number of amides is 2. The van der Waals surface area contributed by atoms with Gasteiger partial charge in [-0.2, -0.15) is 0 Å². The smallest absolute Gasteiger partial charge is 0.410 e. The van der Waals surface area contributed by atoms with Gasteiger partial charge in [-0.3, -0.25) is 18.9 Å². The maximum absolute atomic E-state index is 13.4. The van der Waals surface area contributed by atoms with E-state index in [1.807, 2.05) is 72.9 Å². The van der Waals surface area contributed by atoms with Gasteiger partial charge >= 0.3 is 12.2 Å². The second-order valence-corrected chi connectivity index (χ2v) is 34.3. The number of rotatable bonds is 14. The van der Waals surface area contributed by atoms with Gasteiger partial charge < -0.3 is 18.9 Å². The first-order chi connectivity index (χ1) is 32.0. The van der Waals surface area contributed by atoms with Crippen molar-refractivity contribution < 1.29 is 28.5 Å². The highest BCUT2D eigenvalue weighted by atomic mass is 28.3. The van der Waals surface area contributed by atoms with E-state index in [-0.39, 0.29) is 24.3 Å². The predicted octanol–water partition coefficient (Wildman–Crippen LogP) is 12.4. The van der Waals surface area contributed by atoms with Crippen molar-refractivity contribution in [2.75, 3.05) is 26.3 Å². The Morgan fingerprint density at radius 1 is 0.588 bits per heavy atom. The van der Waals surface area contributed by atoms with Crippen LogP contribution in [0.15, 0.2) is 60.9 Å². The monoisotopic (exact) mass is 961 g/mol. The molecule has 2 aliphatic heterocycles. The van der Waals surface area contributed by atoms with E-state index in [0.29, 0.717) is 39.8 Å². The fourth-order valence-electron chi connectivity index (χ4n) is 8.96. The molecule has 4 aromatic heterocycles. The van der Waals surface area contributed by atoms with Crippen molar-refractivity contribution in [3.63, 3.8) is 0 Å². The number of hydrogen-bond acceptors (Lipinski definition) is 10. The number of aromatic nitrogens is 6. The summed E-state index contributed by atoms with van der Waals surface area (Å²) in [6.07, 6.45) is 6.47. The molecule has 0 bridgehead atoms. The van der Waals surface area contributed by atoms with Crippen LogP contribution in [0.5, 0.6) is 0 Å². The van der Waals surface area contributed by atoms with Crippen molar-refractivity contribution >= 4 is 61.4 Å². The van der Waals surface area contributed by atoms with Gasteiger partial charge in [0, 0.05) is 66.0 Å². The lowest BCUT2D eigenvalue weighted by Gasteiger charge is -2.28. The van der Waals surface area contributed by atoms with Crippen molar-refractivity contribution in [2.24, 2.45) is 0 Å². The molecule has 8 rings (SSSR count). The Kier molecular flexibility index (Phi) is 14.0. The Morgan fingerprint density at radius 3 is 1.35 bits per heavy atom. The second kappa shape index (κ2) is 19.3. The molecule has 2 fully saturated rings. The van der Waals surface area contributed by atoms with Gasteiger partial charge in [-0.05, 0) is 125 Å². The molecular weight excluding hydrogens is 889 g/mol. The van der Waals surface area contributed by atoms with Gasteiger partial charge in [0.05, 0.1) is 12.1 Å². The van der Waals surface area contributed by atoms with E-state index in [2.05, 4.69) is 87.8 Å². The lowest BCUT2D eigenvalue weighted by molar-refractivity contribution is 0.0195. The molecule has 364 valence electrons. The van der Waals surface area contributed by atoms with Crippen LogP contribution in [0.1, 0.15) is 91.0 Å². The number of nitrogens with zero attached hydrogens (tertiary/aromatic N) is 8. The molecule has 68 heavy (non-hydrogen) atoms. The van der Waals surface area contributed by atoms with Gasteiger partial charge in [-0.15, -0.1) is 0 Å². The Balaban J connectivity index is 1.07. The van der Waals surface area contributed by atoms with Gasteiger partial charge in [-0.1, -0.05) is 63.5 Å². The van der Waals surface area contributed by atoms with Gasteiger partial charge in [-0.25, -0.2) is 29.5 Å². The van der Waals surface area contributed by atoms with Crippen molar-refractivity contribution in [2.45, 2.75) is 155 Å². The number of carbonyl (C=O) groups excluding carboxylic acids is 2. The van der Waals surface area contributed by atoms with Gasteiger partial charge in [0.1, 0.15) is 47.3 Å². The minimum atomic E-state index is -1.30. The first-order valence-electron chi connectivity index (χ1n) is 24.4. The van der Waals surface area contributed by atoms with Crippen molar-refractivity contribution in [1.82, 2.24) is 38.9 Å². The van der Waals surface area contributed by atoms with Crippen molar-refractivity contribution in [1.29, 1.82) is 0 Å². The molecular formula is C52H72N8O6Si2. The van der Waals surface area contributed by atoms with Crippen LogP contribution in [-0.4, -0.2) is 105 Å². The van der Waals surface area contributed by atoms with Crippen LogP contribution in [0.2, 0.25) is 51.4 Å². The third-order valence-corrected chi connectivity index (χ3v) is 15.9. The molecule has 16 heteroatoms. The topological polar surface area (TPSA) is 139 Å².